The summed E-state index contributed by atoms with van der Waals surface area (Å²) in [5, 5.41) is 5.38. The fraction of sp³-hybridized carbons (Fsp3) is 0.526. The number of benzene rings is 1. The third-order valence-corrected chi connectivity index (χ3v) is 4.82. The molecule has 8 nitrogen and oxygen atoms in total. The van der Waals surface area contributed by atoms with Gasteiger partial charge in [-0.3, -0.25) is 14.5 Å². The van der Waals surface area contributed by atoms with E-state index < -0.39 is 17.5 Å². The molecule has 0 aromatic heterocycles. The van der Waals surface area contributed by atoms with Crippen LogP contribution in [0.15, 0.2) is 24.3 Å². The van der Waals surface area contributed by atoms with E-state index in [9.17, 15) is 14.4 Å². The summed E-state index contributed by atoms with van der Waals surface area (Å²) >= 11 is 0. The molecule has 1 heterocycles. The van der Waals surface area contributed by atoms with Gasteiger partial charge in [-0.05, 0) is 56.9 Å². The van der Waals surface area contributed by atoms with E-state index in [0.29, 0.717) is 12.4 Å². The van der Waals surface area contributed by atoms with E-state index in [4.69, 9.17) is 9.47 Å². The number of hydrogen-bond donors (Lipinski definition) is 2. The summed E-state index contributed by atoms with van der Waals surface area (Å²) in [7, 11) is 0. The molecule has 1 atom stereocenters. The van der Waals surface area contributed by atoms with Crippen LogP contribution in [0.1, 0.15) is 26.7 Å². The molecule has 2 aliphatic rings. The van der Waals surface area contributed by atoms with Crippen molar-refractivity contribution in [2.45, 2.75) is 32.2 Å². The number of amides is 4. The molecule has 1 aromatic rings. The minimum Gasteiger partial charge on any atom is -0.494 e. The lowest BCUT2D eigenvalue weighted by atomic mass is 9.96. The largest absolute Gasteiger partial charge is 0.494 e. The van der Waals surface area contributed by atoms with Crippen LogP contribution in [0.3, 0.4) is 0 Å². The smallest absolute Gasteiger partial charge is 0.325 e. The van der Waals surface area contributed by atoms with Gasteiger partial charge in [-0.15, -0.1) is 0 Å². The van der Waals surface area contributed by atoms with E-state index in [-0.39, 0.29) is 31.5 Å². The number of carbonyl (C=O) groups excluding carboxylic acids is 3. The predicted octanol–water partition coefficient (Wildman–Crippen LogP) is 1.30. The maximum atomic E-state index is 12.5. The second-order valence-corrected chi connectivity index (χ2v) is 6.90. The summed E-state index contributed by atoms with van der Waals surface area (Å²) in [4.78, 5) is 37.6. The maximum Gasteiger partial charge on any atom is 0.325 e. The van der Waals surface area contributed by atoms with Crippen LogP contribution in [-0.2, 0) is 9.59 Å². The first-order valence-electron chi connectivity index (χ1n) is 9.20. The van der Waals surface area contributed by atoms with Gasteiger partial charge in [0.2, 0.25) is 5.91 Å². The molecule has 1 aliphatic heterocycles. The van der Waals surface area contributed by atoms with Crippen molar-refractivity contribution in [2.75, 3.05) is 26.3 Å². The molecule has 2 N–H and O–H groups in total. The van der Waals surface area contributed by atoms with Gasteiger partial charge in [0.15, 0.2) is 0 Å². The summed E-state index contributed by atoms with van der Waals surface area (Å²) in [6.45, 7) is 4.52. The van der Waals surface area contributed by atoms with Crippen molar-refractivity contribution in [3.05, 3.63) is 24.3 Å². The molecule has 1 saturated carbocycles. The van der Waals surface area contributed by atoms with Crippen molar-refractivity contribution >= 4 is 17.8 Å². The van der Waals surface area contributed by atoms with E-state index >= 15 is 0 Å². The van der Waals surface area contributed by atoms with Crippen molar-refractivity contribution in [3.8, 4) is 11.5 Å². The number of ether oxygens (including phenoxy) is 2. The molecule has 4 amide bonds. The van der Waals surface area contributed by atoms with Gasteiger partial charge in [0.1, 0.15) is 30.2 Å². The van der Waals surface area contributed by atoms with Crippen LogP contribution in [0, 0.1) is 5.92 Å². The summed E-state index contributed by atoms with van der Waals surface area (Å²) in [6, 6.07) is 6.70. The third-order valence-electron chi connectivity index (χ3n) is 4.82. The number of rotatable bonds is 9. The predicted molar refractivity (Wildman–Crippen MR) is 97.5 cm³/mol. The molecule has 2 fully saturated rings. The van der Waals surface area contributed by atoms with E-state index in [1.54, 1.807) is 19.1 Å². The Balaban J connectivity index is 1.39. The van der Waals surface area contributed by atoms with E-state index in [1.807, 2.05) is 19.1 Å². The Morgan fingerprint density at radius 2 is 1.85 bits per heavy atom. The van der Waals surface area contributed by atoms with Gasteiger partial charge in [-0.2, -0.15) is 0 Å². The Bertz CT molecular complexity index is 717. The molecular weight excluding hydrogens is 350 g/mol. The molecule has 8 heteroatoms. The summed E-state index contributed by atoms with van der Waals surface area (Å²) in [5.41, 5.74) is -0.867. The minimum absolute atomic E-state index is 0.171. The van der Waals surface area contributed by atoms with Crippen LogP contribution >= 0.6 is 0 Å². The average Bonchev–Trinajstić information content (AvgIpc) is 3.47. The fourth-order valence-electron chi connectivity index (χ4n) is 3.15. The lowest BCUT2D eigenvalue weighted by molar-refractivity contribution is -0.135. The van der Waals surface area contributed by atoms with Gasteiger partial charge in [0.25, 0.3) is 5.91 Å². The molecule has 0 unspecified atom stereocenters. The van der Waals surface area contributed by atoms with Crippen LogP contribution in [-0.4, -0.2) is 54.6 Å². The monoisotopic (exact) mass is 375 g/mol. The Morgan fingerprint density at radius 1 is 1.22 bits per heavy atom. The molecule has 3 rings (SSSR count). The van der Waals surface area contributed by atoms with Gasteiger partial charge >= 0.3 is 6.03 Å². The second kappa shape index (κ2) is 7.85. The standard InChI is InChI=1S/C19H25N3O5/c1-3-26-14-6-8-15(9-7-14)27-11-10-20-16(23)12-22-17(24)19(2,13-4-5-13)21-18(22)25/h6-9,13H,3-5,10-12H2,1-2H3,(H,20,23)(H,21,25)/t19-/m0/s1. The van der Waals surface area contributed by atoms with Crippen LogP contribution in [0.2, 0.25) is 0 Å². The third kappa shape index (κ3) is 4.32. The Labute approximate surface area is 158 Å². The highest BCUT2D eigenvalue weighted by Crippen LogP contribution is 2.42. The van der Waals surface area contributed by atoms with Gasteiger partial charge < -0.3 is 20.1 Å². The van der Waals surface area contributed by atoms with Crippen molar-refractivity contribution < 1.29 is 23.9 Å². The van der Waals surface area contributed by atoms with Gasteiger partial charge in [0.05, 0.1) is 13.2 Å². The first-order valence-corrected chi connectivity index (χ1v) is 9.20. The Kier molecular flexibility index (Phi) is 5.53. The minimum atomic E-state index is -0.867. The molecule has 1 aromatic carbocycles. The Hall–Kier alpha value is -2.77. The zero-order valence-corrected chi connectivity index (χ0v) is 15.6. The first kappa shape index (κ1) is 19.0. The van der Waals surface area contributed by atoms with Crippen molar-refractivity contribution in [2.24, 2.45) is 5.92 Å². The number of imide groups is 1. The van der Waals surface area contributed by atoms with E-state index in [2.05, 4.69) is 10.6 Å². The topological polar surface area (TPSA) is 97.0 Å². The second-order valence-electron chi connectivity index (χ2n) is 6.90. The lowest BCUT2D eigenvalue weighted by Gasteiger charge is -2.20. The van der Waals surface area contributed by atoms with Crippen LogP contribution < -0.4 is 20.1 Å². The quantitative estimate of drug-likeness (QED) is 0.501. The van der Waals surface area contributed by atoms with Crippen molar-refractivity contribution in [1.29, 1.82) is 0 Å². The van der Waals surface area contributed by atoms with Gasteiger partial charge in [-0.1, -0.05) is 0 Å². The molecule has 27 heavy (non-hydrogen) atoms. The molecule has 1 aliphatic carbocycles. The zero-order valence-electron chi connectivity index (χ0n) is 15.6. The first-order chi connectivity index (χ1) is 12.9. The van der Waals surface area contributed by atoms with Crippen LogP contribution in [0.25, 0.3) is 0 Å². The average molecular weight is 375 g/mol. The fourth-order valence-corrected chi connectivity index (χ4v) is 3.15. The van der Waals surface area contributed by atoms with Gasteiger partial charge in [-0.25, -0.2) is 4.79 Å². The molecular formula is C19H25N3O5. The molecule has 1 saturated heterocycles. The lowest BCUT2D eigenvalue weighted by Crippen LogP contribution is -2.47. The van der Waals surface area contributed by atoms with Crippen molar-refractivity contribution in [3.63, 3.8) is 0 Å². The number of carbonyl (C=O) groups is 3. The SMILES string of the molecule is CCOc1ccc(OCCNC(=O)CN2C(=O)N[C@@](C)(C3CC3)C2=O)cc1. The molecule has 0 radical (unpaired) electrons. The molecule has 146 valence electrons. The zero-order chi connectivity index (χ0) is 19.4. The van der Waals surface area contributed by atoms with Crippen molar-refractivity contribution in [1.82, 2.24) is 15.5 Å². The summed E-state index contributed by atoms with van der Waals surface area (Å²) in [6.07, 6.45) is 1.84. The van der Waals surface area contributed by atoms with E-state index in [1.165, 1.54) is 0 Å². The number of nitrogens with one attached hydrogen (secondary N) is 2. The summed E-state index contributed by atoms with van der Waals surface area (Å²) < 4.78 is 10.9. The molecule has 0 spiro atoms. The highest BCUT2D eigenvalue weighted by Gasteiger charge is 2.56. The highest BCUT2D eigenvalue weighted by molar-refractivity contribution is 6.09. The summed E-state index contributed by atoms with van der Waals surface area (Å²) in [5.74, 6) is 0.890. The number of nitrogens with zero attached hydrogens (tertiary/aromatic N) is 1. The van der Waals surface area contributed by atoms with E-state index in [0.717, 1.165) is 23.5 Å². The van der Waals surface area contributed by atoms with Gasteiger partial charge in [0, 0.05) is 0 Å². The highest BCUT2D eigenvalue weighted by atomic mass is 16.5. The van der Waals surface area contributed by atoms with Crippen LogP contribution in [0.4, 0.5) is 4.79 Å². The molecule has 0 bridgehead atoms. The van der Waals surface area contributed by atoms with Crippen LogP contribution in [0.5, 0.6) is 11.5 Å². The number of urea groups is 1. The number of hydrogen-bond acceptors (Lipinski definition) is 5. The normalized spacial score (nSPS) is 21.8. The Morgan fingerprint density at radius 3 is 2.44 bits per heavy atom. The maximum absolute atomic E-state index is 12.5.